The summed E-state index contributed by atoms with van der Waals surface area (Å²) in [6.07, 6.45) is -0.764. The van der Waals surface area contributed by atoms with Crippen molar-refractivity contribution in [3.05, 3.63) is 0 Å². The monoisotopic (exact) mass is 330 g/mol. The molecule has 0 saturated carbocycles. The van der Waals surface area contributed by atoms with Gasteiger partial charge < -0.3 is 14.0 Å². The van der Waals surface area contributed by atoms with Gasteiger partial charge in [-0.25, -0.2) is 0 Å². The van der Waals surface area contributed by atoms with Crippen LogP contribution in [0, 0.1) is 0 Å². The van der Waals surface area contributed by atoms with E-state index >= 15 is 0 Å². The number of hydrogen-bond donors (Lipinski definition) is 2. The van der Waals surface area contributed by atoms with Crippen molar-refractivity contribution in [1.82, 2.24) is 0 Å². The highest BCUT2D eigenvalue weighted by Crippen LogP contribution is 1.87. The van der Waals surface area contributed by atoms with Crippen LogP contribution < -0.4 is 0 Å². The van der Waals surface area contributed by atoms with Crippen molar-refractivity contribution in [1.29, 1.82) is 0 Å². The third-order valence-electron chi connectivity index (χ3n) is 0.466. The van der Waals surface area contributed by atoms with Crippen molar-refractivity contribution >= 4 is 50.2 Å². The van der Waals surface area contributed by atoms with E-state index in [2.05, 4.69) is 20.1 Å². The van der Waals surface area contributed by atoms with Gasteiger partial charge >= 0.3 is 0 Å². The standard InChI is InChI=1S/C3H7BrO3.2BrH/c4-7-2-3(6)1-5;;/h3,5-6H,1-2H2;2*1H. The second-order valence-corrected chi connectivity index (χ2v) is 1.57. The van der Waals surface area contributed by atoms with Crippen LogP contribution in [0.5, 0.6) is 0 Å². The van der Waals surface area contributed by atoms with Crippen molar-refractivity contribution in [2.75, 3.05) is 13.2 Å². The van der Waals surface area contributed by atoms with Gasteiger partial charge in [-0.05, 0) is 0 Å². The molecule has 0 aromatic carbocycles. The molecule has 2 N–H and O–H groups in total. The van der Waals surface area contributed by atoms with Crippen LogP contribution in [0.2, 0.25) is 0 Å². The van der Waals surface area contributed by atoms with Crippen molar-refractivity contribution in [2.24, 2.45) is 0 Å². The molecule has 0 spiro atoms. The molecule has 0 rings (SSSR count). The summed E-state index contributed by atoms with van der Waals surface area (Å²) in [5, 5.41) is 16.6. The zero-order chi connectivity index (χ0) is 5.70. The second-order valence-electron chi connectivity index (χ2n) is 1.11. The number of hydrogen-bond acceptors (Lipinski definition) is 3. The maximum absolute atomic E-state index is 8.45. The topological polar surface area (TPSA) is 49.7 Å². The second kappa shape index (κ2) is 12.0. The van der Waals surface area contributed by atoms with Crippen LogP contribution in [-0.4, -0.2) is 29.5 Å². The van der Waals surface area contributed by atoms with Gasteiger partial charge in [-0.3, -0.25) is 0 Å². The summed E-state index contributed by atoms with van der Waals surface area (Å²) in [6.45, 7) is -0.137. The van der Waals surface area contributed by atoms with Crippen molar-refractivity contribution in [3.63, 3.8) is 0 Å². The summed E-state index contributed by atoms with van der Waals surface area (Å²) in [7, 11) is 0. The first-order chi connectivity index (χ1) is 3.31. The molecule has 6 heteroatoms. The quantitative estimate of drug-likeness (QED) is 0.804. The van der Waals surface area contributed by atoms with Crippen LogP contribution in [-0.2, 0) is 3.83 Å². The van der Waals surface area contributed by atoms with E-state index in [1.165, 1.54) is 0 Å². The molecule has 60 valence electrons. The molecule has 0 saturated heterocycles. The van der Waals surface area contributed by atoms with Gasteiger partial charge in [-0.2, -0.15) is 0 Å². The molecule has 3 nitrogen and oxygen atoms in total. The Kier molecular flexibility index (Phi) is 22.4. The van der Waals surface area contributed by atoms with E-state index in [1.807, 2.05) is 0 Å². The van der Waals surface area contributed by atoms with Crippen LogP contribution in [0.25, 0.3) is 0 Å². The third kappa shape index (κ3) is 12.5. The van der Waals surface area contributed by atoms with E-state index in [1.54, 1.807) is 0 Å². The van der Waals surface area contributed by atoms with Crippen LogP contribution in [0.15, 0.2) is 0 Å². The predicted octanol–water partition coefficient (Wildman–Crippen LogP) is 0.822. The first-order valence-corrected chi connectivity index (χ1v) is 2.48. The molecule has 1 atom stereocenters. The molecule has 0 fully saturated rings. The van der Waals surface area contributed by atoms with E-state index in [0.29, 0.717) is 0 Å². The highest BCUT2D eigenvalue weighted by Gasteiger charge is 1.97. The third-order valence-corrected chi connectivity index (χ3v) is 0.730. The van der Waals surface area contributed by atoms with E-state index in [4.69, 9.17) is 10.2 Å². The molecule has 9 heavy (non-hydrogen) atoms. The highest BCUT2D eigenvalue weighted by molar-refractivity contribution is 9.06. The van der Waals surface area contributed by atoms with Gasteiger partial charge in [0.15, 0.2) is 0 Å². The van der Waals surface area contributed by atoms with E-state index < -0.39 is 6.10 Å². The first-order valence-electron chi connectivity index (χ1n) is 1.83. The summed E-state index contributed by atoms with van der Waals surface area (Å²) >= 11 is 2.62. The Balaban J connectivity index is -0.000000180. The largest absolute Gasteiger partial charge is 0.394 e. The Bertz CT molecular complexity index is 45.3. The molecule has 0 amide bonds. The molecule has 1 unspecified atom stereocenters. The molecule has 0 aromatic rings. The lowest BCUT2D eigenvalue weighted by Gasteiger charge is -2.00. The first kappa shape index (κ1) is 16.7. The van der Waals surface area contributed by atoms with Gasteiger partial charge in [-0.1, -0.05) is 0 Å². The minimum Gasteiger partial charge on any atom is -0.394 e. The Morgan fingerprint density at radius 2 is 1.89 bits per heavy atom. The molecule has 0 aromatic heterocycles. The fraction of sp³-hybridized carbons (Fsp3) is 1.00. The van der Waals surface area contributed by atoms with Crippen LogP contribution in [0.3, 0.4) is 0 Å². The van der Waals surface area contributed by atoms with Crippen molar-refractivity contribution in [2.45, 2.75) is 6.10 Å². The molecule has 0 heterocycles. The molecule has 0 radical (unpaired) electrons. The average Bonchev–Trinajstić information content (AvgIpc) is 1.68. The van der Waals surface area contributed by atoms with Gasteiger partial charge in [0.25, 0.3) is 0 Å². The summed E-state index contributed by atoms with van der Waals surface area (Å²) in [5.41, 5.74) is 0. The lowest BCUT2D eigenvalue weighted by Crippen LogP contribution is -2.16. The smallest absolute Gasteiger partial charge is 0.102 e. The Morgan fingerprint density at radius 1 is 1.44 bits per heavy atom. The zero-order valence-electron chi connectivity index (χ0n) is 4.49. The van der Waals surface area contributed by atoms with Crippen LogP contribution in [0.1, 0.15) is 0 Å². The average molecular weight is 333 g/mol. The normalized spacial score (nSPS) is 11.0. The summed E-state index contributed by atoms with van der Waals surface area (Å²) < 4.78 is 4.30. The minimum atomic E-state index is -0.764. The maximum atomic E-state index is 8.45. The molecular weight excluding hydrogens is 324 g/mol. The highest BCUT2D eigenvalue weighted by atomic mass is 79.9. The fourth-order valence-electron chi connectivity index (χ4n) is 0.125. The van der Waals surface area contributed by atoms with Crippen molar-refractivity contribution in [3.8, 4) is 0 Å². The van der Waals surface area contributed by atoms with Gasteiger partial charge in [0, 0.05) is 0 Å². The molecular formula is C3H9Br3O3. The summed E-state index contributed by atoms with van der Waals surface area (Å²) in [6, 6.07) is 0. The van der Waals surface area contributed by atoms with Crippen LogP contribution >= 0.6 is 50.2 Å². The molecule has 0 aliphatic heterocycles. The fourth-order valence-corrected chi connectivity index (χ4v) is 0.431. The summed E-state index contributed by atoms with van der Waals surface area (Å²) in [5.74, 6) is 0. The van der Waals surface area contributed by atoms with Gasteiger partial charge in [-0.15, -0.1) is 34.0 Å². The lowest BCUT2D eigenvalue weighted by atomic mass is 10.4. The van der Waals surface area contributed by atoms with Crippen LogP contribution in [0.4, 0.5) is 0 Å². The van der Waals surface area contributed by atoms with Gasteiger partial charge in [0.1, 0.15) is 6.10 Å². The number of aliphatic hydroxyl groups is 2. The number of halogens is 3. The van der Waals surface area contributed by atoms with E-state index in [9.17, 15) is 0 Å². The van der Waals surface area contributed by atoms with Crippen molar-refractivity contribution < 1.29 is 14.0 Å². The SMILES string of the molecule is Br.Br.OCC(O)COBr. The Morgan fingerprint density at radius 3 is 2.00 bits per heavy atom. The van der Waals surface area contributed by atoms with Gasteiger partial charge in [0.2, 0.25) is 0 Å². The summed E-state index contributed by atoms with van der Waals surface area (Å²) in [4.78, 5) is 0. The lowest BCUT2D eigenvalue weighted by molar-refractivity contribution is 0.0631. The molecule has 0 aliphatic carbocycles. The molecule has 0 aliphatic rings. The zero-order valence-corrected chi connectivity index (χ0v) is 9.50. The Hall–Kier alpha value is 1.32. The van der Waals surface area contributed by atoms with E-state index in [0.717, 1.165) is 0 Å². The molecule has 0 bridgehead atoms. The Labute approximate surface area is 83.4 Å². The predicted molar refractivity (Wildman–Crippen MR) is 48.6 cm³/mol. The number of aliphatic hydroxyl groups excluding tert-OH is 2. The van der Waals surface area contributed by atoms with Gasteiger partial charge in [0.05, 0.1) is 29.5 Å². The minimum absolute atomic E-state index is 0. The maximum Gasteiger partial charge on any atom is 0.102 e. The number of rotatable bonds is 3. The van der Waals surface area contributed by atoms with E-state index in [-0.39, 0.29) is 47.2 Å².